The van der Waals surface area contributed by atoms with Gasteiger partial charge in [0.15, 0.2) is 0 Å². The van der Waals surface area contributed by atoms with Crippen molar-refractivity contribution in [2.75, 3.05) is 0 Å². The van der Waals surface area contributed by atoms with Crippen LogP contribution in [0.15, 0.2) is 0 Å². The van der Waals surface area contributed by atoms with Crippen molar-refractivity contribution in [2.24, 2.45) is 0 Å². The molecule has 3 aliphatic heterocycles. The quantitative estimate of drug-likeness (QED) is 0.116. The third kappa shape index (κ3) is 24.3. The van der Waals surface area contributed by atoms with Crippen molar-refractivity contribution in [1.29, 1.82) is 0 Å². The molecule has 0 saturated carbocycles. The first-order chi connectivity index (χ1) is 17.3. The van der Waals surface area contributed by atoms with Crippen LogP contribution in [-0.4, -0.2) is 106 Å². The number of hydrogen-bond acceptors (Lipinski definition) is 26. The fraction of sp³-hybridized carbons (Fsp3) is 0. The van der Waals surface area contributed by atoms with Crippen molar-refractivity contribution in [3.8, 4) is 0 Å². The standard InChI is InChI=1S/12Mo.H4O4Si.18H2O.18O/c;;;;;;;;;;;;1-5(2,3)4;;;;;;;;;;;;;;;;;;;;;;;;;;;;;;;;;;;;/h;;;;;;;;;;;;1-4H;18*1H2;;;;;;;;;;;;;;;;;;/q;;;;6*+1;2*+3;;;;;;;;;;;;;;;;;;;;;;;;;;;;;;;;;;;;;/p-16. The predicted molar refractivity (Wildman–Crippen MR) is 72.6 cm³/mol. The van der Waals surface area contributed by atoms with Gasteiger partial charge in [0.2, 0.25) is 0 Å². The molecule has 0 aromatic carbocycles. The van der Waals surface area contributed by atoms with Crippen LogP contribution < -0.4 is 0 Å². The van der Waals surface area contributed by atoms with Crippen LogP contribution in [0, 0.1) is 0 Å². The Labute approximate surface area is 362 Å². The van der Waals surface area contributed by atoms with Gasteiger partial charge in [-0.25, -0.2) is 0 Å². The van der Waals surface area contributed by atoms with Gasteiger partial charge < -0.3 is 52.0 Å². The second kappa shape index (κ2) is 17.9. The molecule has 24 N–H and O–H groups in total. The van der Waals surface area contributed by atoms with Crippen molar-refractivity contribution >= 4 is 9.05 Å². The van der Waals surface area contributed by atoms with E-state index >= 15 is 0 Å². The van der Waals surface area contributed by atoms with Crippen LogP contribution in [0.5, 0.6) is 0 Å². The first kappa shape index (κ1) is 79.0. The van der Waals surface area contributed by atoms with E-state index in [9.17, 15) is 49.7 Å². The molecule has 0 amide bonds. The van der Waals surface area contributed by atoms with Crippen LogP contribution in [0.25, 0.3) is 0 Å². The Morgan fingerprint density at radius 3 is 0.604 bits per heavy atom. The molecule has 0 aromatic rings. The van der Waals surface area contributed by atoms with Gasteiger partial charge in [-0.05, 0) is 0 Å². The summed E-state index contributed by atoms with van der Waals surface area (Å²) in [6, 6.07) is 0. The van der Waals surface area contributed by atoms with Gasteiger partial charge in [0.25, 0.3) is 0 Å². The average Bonchev–Trinajstić information content (AvgIpc) is 2.18. The van der Waals surface area contributed by atoms with Crippen molar-refractivity contribution < 1.29 is 359 Å². The van der Waals surface area contributed by atoms with E-state index in [0.717, 1.165) is 0 Å². The Morgan fingerprint density at radius 2 is 0.509 bits per heavy atom. The third-order valence-electron chi connectivity index (χ3n) is 2.29. The zero-order chi connectivity index (χ0) is 35.1. The summed E-state index contributed by atoms with van der Waals surface area (Å²) < 4.78 is 245. The molecule has 0 atom stereocenters. The maximum atomic E-state index is 12.9. The van der Waals surface area contributed by atoms with Crippen molar-refractivity contribution in [2.45, 2.75) is 0 Å². The van der Waals surface area contributed by atoms with Crippen LogP contribution in [0.2, 0.25) is 0 Å². The first-order valence-corrected chi connectivity index (χ1v) is 43.3. The minimum atomic E-state index is -10.1. The summed E-state index contributed by atoms with van der Waals surface area (Å²) in [4.78, 5) is 29.3. The molecule has 53 heavy (non-hydrogen) atoms. The summed E-state index contributed by atoms with van der Waals surface area (Å²) in [6.45, 7) is 0. The first-order valence-electron chi connectivity index (χ1n) is 7.75. The molecule has 0 aromatic heterocycles. The molecule has 0 spiro atoms. The number of rotatable bonds is 4. The van der Waals surface area contributed by atoms with E-state index < -0.39 is 139 Å². The summed E-state index contributed by atoms with van der Waals surface area (Å²) in [5.41, 5.74) is 0. The molecule has 40 nitrogen and oxygen atoms in total. The summed E-state index contributed by atoms with van der Waals surface area (Å²) in [5.74, 6) is 0. The van der Waals surface area contributed by atoms with E-state index in [4.69, 9.17) is 41.7 Å². The van der Waals surface area contributed by atoms with Gasteiger partial charge >= 0.3 is 232 Å². The van der Waals surface area contributed by atoms with Crippen LogP contribution in [0.4, 0.5) is 0 Å². The van der Waals surface area contributed by atoms with Crippen LogP contribution >= 0.6 is 0 Å². The molecule has 4 bridgehead atoms. The molecule has 3 saturated heterocycles. The second-order valence-electron chi connectivity index (χ2n) is 7.04. The summed E-state index contributed by atoms with van der Waals surface area (Å²) >= 11 is -78.8. The predicted octanol–water partition coefficient (Wildman–Crippen LogP) is -13.3. The molecule has 3 heterocycles. The Hall–Kier alpha value is 5.60. The second-order valence-corrected chi connectivity index (χ2v) is 59.7. The molecule has 53 heteroatoms. The molecule has 0 aliphatic carbocycles. The van der Waals surface area contributed by atoms with Gasteiger partial charge in [0.05, 0.1) is 0 Å². The molecule has 344 valence electrons. The Kier molecular flexibility index (Phi) is 26.7. The zero-order valence-corrected chi connectivity index (χ0v) is 47.8. The van der Waals surface area contributed by atoms with E-state index in [0.29, 0.717) is 0 Å². The van der Waals surface area contributed by atoms with Crippen LogP contribution in [0.3, 0.4) is 0 Å². The topological polar surface area (TPSA) is 736 Å². The van der Waals surface area contributed by atoms with Crippen LogP contribution in [-0.2, 0) is 262 Å². The third-order valence-corrected chi connectivity index (χ3v) is 80.0. The fourth-order valence-electron chi connectivity index (χ4n) is 2.12. The van der Waals surface area contributed by atoms with Crippen LogP contribution in [0.1, 0.15) is 0 Å². The molecule has 3 fully saturated rings. The van der Waals surface area contributed by atoms with E-state index in [2.05, 4.69) is 20.4 Å². The number of hydrogen-bond donors (Lipinski definition) is 16. The molecular weight excluding hydrogens is 1820 g/mol. The summed E-state index contributed by atoms with van der Waals surface area (Å²) in [6.07, 6.45) is 0. The van der Waals surface area contributed by atoms with Gasteiger partial charge in [0, 0.05) is 84.3 Å². The van der Waals surface area contributed by atoms with E-state index in [1.165, 1.54) is 0 Å². The van der Waals surface area contributed by atoms with Gasteiger partial charge in [-0.2, -0.15) is 0 Å². The SMILES string of the molecule is O.O.O[Si](O)(O)O.[Mo].[Mo].[Mo].[Mo].[OH-].[OH-].[OH-].[OH-].[O]=[Mo]([OH])([OH])([OH])[O][Mo]1(=[O])([OH])[O][Mo]2(=[O])([OH])[O][Mo](=[O])([OH])([O]1)[O][Mo]1(=[O])([OH])[O][Mo](=[O])([OH])([O][Mo](=[O])([OH])([OH])[OH])[O][Mo](=[O])([OH])([O]1)[O]2. The Morgan fingerprint density at radius 1 is 0.396 bits per heavy atom. The van der Waals surface area contributed by atoms with E-state index in [1.807, 2.05) is 0 Å². The van der Waals surface area contributed by atoms with E-state index in [1.54, 1.807) is 0 Å². The van der Waals surface area contributed by atoms with E-state index in [-0.39, 0.29) is 117 Å². The van der Waals surface area contributed by atoms with Crippen molar-refractivity contribution in [3.05, 3.63) is 0 Å². The normalized spacial score (nSPS) is 32.6. The molecule has 3 rings (SSSR count). The fourth-order valence-corrected chi connectivity index (χ4v) is 109. The Balaban J connectivity index is -0.000000173. The van der Waals surface area contributed by atoms with Gasteiger partial charge in [-0.1, -0.05) is 0 Å². The van der Waals surface area contributed by atoms with Gasteiger partial charge in [0.1, 0.15) is 0 Å². The molecule has 3 aliphatic rings. The molecular formula is H24Mo12O40Si-4. The summed E-state index contributed by atoms with van der Waals surface area (Å²) in [7, 11) is -4.61. The van der Waals surface area contributed by atoms with Gasteiger partial charge in [-0.3, -0.25) is 0 Å². The molecule has 0 unspecified atom stereocenters. The van der Waals surface area contributed by atoms with Gasteiger partial charge in [-0.15, -0.1) is 0 Å². The average molecular weight is 1840 g/mol. The maximum absolute atomic E-state index is 12.9. The summed E-state index contributed by atoms with van der Waals surface area (Å²) in [5, 5.41) is 0. The number of fused-ring (bicyclic) bond motifs is 4. The monoisotopic (exact) mass is 1870 g/mol. The zero-order valence-electron chi connectivity index (χ0n) is 22.7. The Bertz CT molecular complexity index is 1650. The minimum absolute atomic E-state index is 0. The van der Waals surface area contributed by atoms with Crippen molar-refractivity contribution in [3.63, 3.8) is 0 Å². The molecule has 0 radical (unpaired) electrons. The van der Waals surface area contributed by atoms with Crippen molar-refractivity contribution in [1.82, 2.24) is 0 Å².